The Balaban J connectivity index is 2.31. The molecule has 0 radical (unpaired) electrons. The molecule has 2 N–H and O–H groups in total. The number of nitrogens with zero attached hydrogens (tertiary/aromatic N) is 1. The van der Waals surface area contributed by atoms with E-state index in [9.17, 15) is 4.79 Å². The highest BCUT2D eigenvalue weighted by molar-refractivity contribution is 5.64. The van der Waals surface area contributed by atoms with Crippen molar-refractivity contribution in [2.24, 2.45) is 5.92 Å². The van der Waals surface area contributed by atoms with Crippen LogP contribution in [0.25, 0.3) is 0 Å². The molecule has 0 aromatic rings. The van der Waals surface area contributed by atoms with Crippen molar-refractivity contribution in [2.75, 3.05) is 39.9 Å². The minimum absolute atomic E-state index is 0.468. The smallest absolute Gasteiger partial charge is 0.407 e. The van der Waals surface area contributed by atoms with Crippen LogP contribution in [0.3, 0.4) is 0 Å². The Morgan fingerprint density at radius 3 is 2.73 bits per heavy atom. The number of methoxy groups -OCH3 is 1. The largest absolute Gasteiger partial charge is 0.465 e. The van der Waals surface area contributed by atoms with Gasteiger partial charge in [-0.1, -0.05) is 0 Å². The van der Waals surface area contributed by atoms with E-state index in [-0.39, 0.29) is 0 Å². The predicted molar refractivity (Wildman–Crippen MR) is 57.1 cm³/mol. The third-order valence-electron chi connectivity index (χ3n) is 2.77. The van der Waals surface area contributed by atoms with E-state index < -0.39 is 6.09 Å². The van der Waals surface area contributed by atoms with Crippen LogP contribution in [0, 0.1) is 5.92 Å². The second-order valence-electron chi connectivity index (χ2n) is 3.91. The van der Waals surface area contributed by atoms with Crippen molar-refractivity contribution in [1.82, 2.24) is 10.2 Å². The monoisotopic (exact) mass is 216 g/mol. The quantitative estimate of drug-likeness (QED) is 0.707. The molecule has 1 saturated heterocycles. The molecule has 0 atom stereocenters. The molecular formula is C10H20N2O3. The van der Waals surface area contributed by atoms with Gasteiger partial charge < -0.3 is 20.1 Å². The number of carbonyl (C=O) groups is 1. The van der Waals surface area contributed by atoms with Crippen LogP contribution < -0.4 is 5.32 Å². The molecule has 88 valence electrons. The van der Waals surface area contributed by atoms with Crippen molar-refractivity contribution in [1.29, 1.82) is 0 Å². The zero-order chi connectivity index (χ0) is 11.1. The molecule has 1 aliphatic rings. The lowest BCUT2D eigenvalue weighted by molar-refractivity contribution is 0.106. The fourth-order valence-electron chi connectivity index (χ4n) is 1.84. The summed E-state index contributed by atoms with van der Waals surface area (Å²) in [6, 6.07) is 0. The SMILES string of the molecule is COCCN(CC1CCNCC1)C(=O)O. The van der Waals surface area contributed by atoms with Crippen molar-refractivity contribution in [3.05, 3.63) is 0 Å². The minimum atomic E-state index is -0.842. The average molecular weight is 216 g/mol. The maximum absolute atomic E-state index is 10.9. The molecule has 1 amide bonds. The molecule has 0 aromatic carbocycles. The van der Waals surface area contributed by atoms with Gasteiger partial charge in [-0.05, 0) is 31.8 Å². The first-order valence-corrected chi connectivity index (χ1v) is 5.41. The Hall–Kier alpha value is -0.810. The zero-order valence-corrected chi connectivity index (χ0v) is 9.24. The summed E-state index contributed by atoms with van der Waals surface area (Å²) in [5, 5.41) is 12.3. The van der Waals surface area contributed by atoms with Crippen LogP contribution >= 0.6 is 0 Å². The number of amides is 1. The van der Waals surface area contributed by atoms with Crippen LogP contribution in [0.2, 0.25) is 0 Å². The van der Waals surface area contributed by atoms with Gasteiger partial charge in [-0.25, -0.2) is 4.79 Å². The van der Waals surface area contributed by atoms with Crippen LogP contribution in [-0.2, 0) is 4.74 Å². The van der Waals surface area contributed by atoms with Crippen molar-refractivity contribution in [2.45, 2.75) is 12.8 Å². The normalized spacial score (nSPS) is 17.7. The van der Waals surface area contributed by atoms with E-state index in [1.54, 1.807) is 7.11 Å². The molecule has 1 rings (SSSR count). The summed E-state index contributed by atoms with van der Waals surface area (Å²) in [7, 11) is 1.59. The Kier molecular flexibility index (Phi) is 5.42. The van der Waals surface area contributed by atoms with E-state index in [2.05, 4.69) is 5.32 Å². The first-order chi connectivity index (χ1) is 7.24. The lowest BCUT2D eigenvalue weighted by Crippen LogP contribution is -2.40. The number of carboxylic acid groups (broad SMARTS) is 1. The molecule has 5 heteroatoms. The van der Waals surface area contributed by atoms with Crippen LogP contribution in [0.4, 0.5) is 4.79 Å². The van der Waals surface area contributed by atoms with E-state index in [1.165, 1.54) is 4.90 Å². The van der Waals surface area contributed by atoms with Crippen LogP contribution in [0.1, 0.15) is 12.8 Å². The molecule has 15 heavy (non-hydrogen) atoms. The summed E-state index contributed by atoms with van der Waals surface area (Å²) < 4.78 is 4.89. The Bertz CT molecular complexity index is 193. The van der Waals surface area contributed by atoms with E-state index in [1.807, 2.05) is 0 Å². The van der Waals surface area contributed by atoms with Crippen molar-refractivity contribution in [3.63, 3.8) is 0 Å². The number of ether oxygens (including phenoxy) is 1. The average Bonchev–Trinajstić information content (AvgIpc) is 2.25. The third kappa shape index (κ3) is 4.48. The van der Waals surface area contributed by atoms with Crippen molar-refractivity contribution < 1.29 is 14.6 Å². The Morgan fingerprint density at radius 1 is 1.53 bits per heavy atom. The first-order valence-electron chi connectivity index (χ1n) is 5.41. The van der Waals surface area contributed by atoms with Gasteiger partial charge in [0.15, 0.2) is 0 Å². The van der Waals surface area contributed by atoms with Gasteiger partial charge in [-0.3, -0.25) is 0 Å². The number of nitrogens with one attached hydrogen (secondary N) is 1. The van der Waals surface area contributed by atoms with Gasteiger partial charge in [0.25, 0.3) is 0 Å². The van der Waals surface area contributed by atoms with E-state index >= 15 is 0 Å². The number of hydrogen-bond acceptors (Lipinski definition) is 3. The molecule has 0 aromatic heterocycles. The standard InChI is InChI=1S/C10H20N2O3/c1-15-7-6-12(10(13)14)8-9-2-4-11-5-3-9/h9,11H,2-8H2,1H3,(H,13,14). The fraction of sp³-hybridized carbons (Fsp3) is 0.900. The molecule has 0 unspecified atom stereocenters. The second kappa shape index (κ2) is 6.63. The summed E-state index contributed by atoms with van der Waals surface area (Å²) in [6.45, 7) is 3.58. The van der Waals surface area contributed by atoms with Crippen LogP contribution in [0.5, 0.6) is 0 Å². The molecular weight excluding hydrogens is 196 g/mol. The second-order valence-corrected chi connectivity index (χ2v) is 3.91. The van der Waals surface area contributed by atoms with E-state index in [0.717, 1.165) is 25.9 Å². The zero-order valence-electron chi connectivity index (χ0n) is 9.24. The topological polar surface area (TPSA) is 61.8 Å². The van der Waals surface area contributed by atoms with Crippen LogP contribution in [0.15, 0.2) is 0 Å². The summed E-state index contributed by atoms with van der Waals surface area (Å²) >= 11 is 0. The molecule has 5 nitrogen and oxygen atoms in total. The summed E-state index contributed by atoms with van der Waals surface area (Å²) in [5.41, 5.74) is 0. The number of hydrogen-bond donors (Lipinski definition) is 2. The lowest BCUT2D eigenvalue weighted by atomic mass is 9.98. The number of rotatable bonds is 5. The molecule has 0 bridgehead atoms. The lowest BCUT2D eigenvalue weighted by Gasteiger charge is -2.28. The predicted octanol–water partition coefficient (Wildman–Crippen LogP) is 0.612. The fourth-order valence-corrected chi connectivity index (χ4v) is 1.84. The van der Waals surface area contributed by atoms with E-state index in [0.29, 0.717) is 25.6 Å². The van der Waals surface area contributed by atoms with Crippen molar-refractivity contribution >= 4 is 6.09 Å². The Morgan fingerprint density at radius 2 is 2.20 bits per heavy atom. The highest BCUT2D eigenvalue weighted by atomic mass is 16.5. The summed E-state index contributed by atoms with van der Waals surface area (Å²) in [6.07, 6.45) is 1.29. The molecule has 1 fully saturated rings. The van der Waals surface area contributed by atoms with Gasteiger partial charge in [-0.2, -0.15) is 0 Å². The molecule has 1 heterocycles. The summed E-state index contributed by atoms with van der Waals surface area (Å²) in [4.78, 5) is 12.4. The maximum atomic E-state index is 10.9. The van der Waals surface area contributed by atoms with Gasteiger partial charge in [0, 0.05) is 20.2 Å². The molecule has 0 saturated carbocycles. The van der Waals surface area contributed by atoms with Crippen molar-refractivity contribution in [3.8, 4) is 0 Å². The number of piperidine rings is 1. The van der Waals surface area contributed by atoms with Gasteiger partial charge >= 0.3 is 6.09 Å². The maximum Gasteiger partial charge on any atom is 0.407 e. The molecule has 0 spiro atoms. The van der Waals surface area contributed by atoms with Gasteiger partial charge in [0.2, 0.25) is 0 Å². The van der Waals surface area contributed by atoms with Gasteiger partial charge in [0.05, 0.1) is 6.61 Å². The highest BCUT2D eigenvalue weighted by Crippen LogP contribution is 2.13. The van der Waals surface area contributed by atoms with Gasteiger partial charge in [-0.15, -0.1) is 0 Å². The molecule has 0 aliphatic carbocycles. The summed E-state index contributed by atoms with van der Waals surface area (Å²) in [5.74, 6) is 0.499. The minimum Gasteiger partial charge on any atom is -0.465 e. The third-order valence-corrected chi connectivity index (χ3v) is 2.77. The van der Waals surface area contributed by atoms with Gasteiger partial charge in [0.1, 0.15) is 0 Å². The first kappa shape index (κ1) is 12.3. The van der Waals surface area contributed by atoms with Crippen LogP contribution in [-0.4, -0.2) is 56.0 Å². The Labute approximate surface area is 90.4 Å². The van der Waals surface area contributed by atoms with E-state index in [4.69, 9.17) is 9.84 Å². The molecule has 1 aliphatic heterocycles. The highest BCUT2D eigenvalue weighted by Gasteiger charge is 2.19.